The minimum absolute atomic E-state index is 0.204. The maximum Gasteiger partial charge on any atom is 0.354 e. The number of anilines is 1. The van der Waals surface area contributed by atoms with Crippen LogP contribution in [0.5, 0.6) is 0 Å². The van der Waals surface area contributed by atoms with Crippen LogP contribution in [0.1, 0.15) is 10.5 Å². The molecule has 34 heavy (non-hydrogen) atoms. The summed E-state index contributed by atoms with van der Waals surface area (Å²) in [6.45, 7) is 0. The summed E-state index contributed by atoms with van der Waals surface area (Å²) < 4.78 is 4.27. The Balaban J connectivity index is 0.000000155. The largest absolute Gasteiger partial charge is 0.477 e. The molecule has 0 unspecified atom stereocenters. The van der Waals surface area contributed by atoms with Gasteiger partial charge in [0.15, 0.2) is 0 Å². The summed E-state index contributed by atoms with van der Waals surface area (Å²) in [7, 11) is 3.50. The lowest BCUT2D eigenvalue weighted by Gasteiger charge is -1.96. The average Bonchev–Trinajstić information content (AvgIpc) is 3.51. The molecule has 0 amide bonds. The molecule has 2 aromatic carbocycles. The summed E-state index contributed by atoms with van der Waals surface area (Å²) in [5.41, 5.74) is 8.24. The Morgan fingerprint density at radius 2 is 1.65 bits per heavy atom. The fourth-order valence-electron chi connectivity index (χ4n) is 2.70. The molecule has 0 aliphatic carbocycles. The minimum atomic E-state index is -0.949. The number of carboxylic acid groups (broad SMARTS) is 1. The summed E-state index contributed by atoms with van der Waals surface area (Å²) in [4.78, 5) is 15.5. The Morgan fingerprint density at radius 1 is 1.00 bits per heavy atom. The van der Waals surface area contributed by atoms with E-state index in [1.54, 1.807) is 42.8 Å². The number of hydrogen-bond donors (Lipinski definition) is 3. The number of halogens is 2. The third-order valence-corrected chi connectivity index (χ3v) is 6.36. The van der Waals surface area contributed by atoms with Crippen molar-refractivity contribution in [2.45, 2.75) is 4.90 Å². The van der Waals surface area contributed by atoms with Crippen molar-refractivity contribution in [2.75, 3.05) is 5.73 Å². The van der Waals surface area contributed by atoms with Crippen LogP contribution >= 0.6 is 47.2 Å². The van der Waals surface area contributed by atoms with Crippen LogP contribution in [0.4, 0.5) is 5.69 Å². The maximum absolute atomic E-state index is 10.2. The highest BCUT2D eigenvalue weighted by Gasteiger charge is 2.09. The average molecular weight is 535 g/mol. The number of thiol groups is 1. The smallest absolute Gasteiger partial charge is 0.354 e. The van der Waals surface area contributed by atoms with Gasteiger partial charge >= 0.3 is 5.97 Å². The van der Waals surface area contributed by atoms with Gasteiger partial charge < -0.3 is 10.8 Å². The van der Waals surface area contributed by atoms with Crippen LogP contribution in [0, 0.1) is 0 Å². The van der Waals surface area contributed by atoms with Crippen molar-refractivity contribution in [2.24, 2.45) is 14.1 Å². The number of nitrogen functional groups attached to an aromatic ring is 1. The summed E-state index contributed by atoms with van der Waals surface area (Å²) in [5.74, 6) is -0.949. The molecule has 3 aromatic heterocycles. The summed E-state index contributed by atoms with van der Waals surface area (Å²) in [6.07, 6.45) is 3.22. The van der Waals surface area contributed by atoms with Crippen molar-refractivity contribution < 1.29 is 9.90 Å². The van der Waals surface area contributed by atoms with Gasteiger partial charge in [0, 0.05) is 47.1 Å². The number of carbonyl (C=O) groups is 1. The van der Waals surface area contributed by atoms with E-state index in [-0.39, 0.29) is 5.69 Å². The van der Waals surface area contributed by atoms with E-state index < -0.39 is 5.97 Å². The second-order valence-electron chi connectivity index (χ2n) is 6.82. The van der Waals surface area contributed by atoms with E-state index in [4.69, 9.17) is 34.0 Å². The van der Waals surface area contributed by atoms with Crippen molar-refractivity contribution in [1.29, 1.82) is 0 Å². The van der Waals surface area contributed by atoms with Crippen molar-refractivity contribution in [3.05, 3.63) is 76.7 Å². The highest BCUT2D eigenvalue weighted by atomic mass is 35.5. The van der Waals surface area contributed by atoms with Gasteiger partial charge in [-0.25, -0.2) is 9.78 Å². The highest BCUT2D eigenvalue weighted by Crippen LogP contribution is 2.31. The topological polar surface area (TPSA) is 112 Å². The van der Waals surface area contributed by atoms with E-state index in [2.05, 4.69) is 27.8 Å². The number of nitrogens with two attached hydrogens (primary N) is 1. The van der Waals surface area contributed by atoms with Gasteiger partial charge in [0.2, 0.25) is 0 Å². The number of rotatable bonds is 2. The Kier molecular flexibility index (Phi) is 8.56. The number of benzene rings is 2. The molecule has 3 heterocycles. The Labute approximate surface area is 215 Å². The number of aromatic carboxylic acids is 1. The molecule has 0 atom stereocenters. The van der Waals surface area contributed by atoms with Gasteiger partial charge in [-0.3, -0.25) is 9.36 Å². The summed E-state index contributed by atoms with van der Waals surface area (Å²) in [5, 5.41) is 18.5. The molecule has 0 saturated carbocycles. The number of nitrogens with zero attached hydrogens (tertiary/aromatic N) is 5. The summed E-state index contributed by atoms with van der Waals surface area (Å²) >= 11 is 17.2. The third-order valence-electron chi connectivity index (χ3n) is 4.42. The van der Waals surface area contributed by atoms with Crippen LogP contribution in [0.3, 0.4) is 0 Å². The van der Waals surface area contributed by atoms with E-state index in [1.165, 1.54) is 16.9 Å². The number of thiazole rings is 1. The molecule has 0 aliphatic rings. The van der Waals surface area contributed by atoms with Gasteiger partial charge in [-0.15, -0.1) is 24.0 Å². The van der Waals surface area contributed by atoms with Crippen molar-refractivity contribution in [1.82, 2.24) is 24.5 Å². The molecule has 176 valence electrons. The SMILES string of the molecule is Cn1nccc1-c1nc2cc(Cl)ccc2s1.Cn1nccc1C(=O)O.Nc1cc(Cl)ccc1S. The van der Waals surface area contributed by atoms with Crippen LogP contribution < -0.4 is 5.73 Å². The number of hydrogen-bond acceptors (Lipinski definition) is 7. The highest BCUT2D eigenvalue weighted by molar-refractivity contribution is 7.80. The van der Waals surface area contributed by atoms with E-state index in [0.717, 1.165) is 25.8 Å². The van der Waals surface area contributed by atoms with Crippen LogP contribution in [0.25, 0.3) is 20.9 Å². The molecule has 0 fully saturated rings. The Morgan fingerprint density at radius 3 is 2.18 bits per heavy atom. The molecular formula is C22H20Cl2N6O2S2. The van der Waals surface area contributed by atoms with Gasteiger partial charge in [-0.1, -0.05) is 23.2 Å². The standard InChI is InChI=1S/C11H8ClN3S.C6H6ClNS.C5H6N2O2/c1-15-9(4-5-13-15)11-14-8-6-7(12)2-3-10(8)16-11;7-4-1-2-6(9)5(8)3-4;1-7-4(5(8)9)2-3-6-7/h2-6H,1H3;1-3,9H,8H2;2-3H,1H3,(H,8,9). The zero-order valence-electron chi connectivity index (χ0n) is 18.1. The second kappa shape index (κ2) is 11.4. The van der Waals surface area contributed by atoms with Crippen LogP contribution in [0.15, 0.2) is 65.8 Å². The van der Waals surface area contributed by atoms with Gasteiger partial charge in [-0.2, -0.15) is 10.2 Å². The second-order valence-corrected chi connectivity index (χ2v) is 9.20. The maximum atomic E-state index is 10.2. The Hall–Kier alpha value is -3.05. The van der Waals surface area contributed by atoms with Gasteiger partial charge in [-0.05, 0) is 48.5 Å². The third kappa shape index (κ3) is 6.51. The molecule has 5 aromatic rings. The predicted octanol–water partition coefficient (Wildman–Crippen LogP) is 5.68. The molecule has 0 spiro atoms. The molecule has 0 saturated heterocycles. The van der Waals surface area contributed by atoms with Crippen molar-refractivity contribution in [3.8, 4) is 10.7 Å². The first-order valence-corrected chi connectivity index (χ1v) is 11.7. The Bertz CT molecular complexity index is 1430. The number of carboxylic acids is 1. The predicted molar refractivity (Wildman–Crippen MR) is 140 cm³/mol. The molecule has 0 bridgehead atoms. The van der Waals surface area contributed by atoms with Gasteiger partial charge in [0.1, 0.15) is 10.7 Å². The first kappa shape index (κ1) is 25.6. The molecule has 5 rings (SSSR count). The lowest BCUT2D eigenvalue weighted by atomic mass is 10.3. The van der Waals surface area contributed by atoms with Gasteiger partial charge in [0.05, 0.1) is 15.9 Å². The molecule has 3 N–H and O–H groups in total. The molecule has 0 radical (unpaired) electrons. The number of aryl methyl sites for hydroxylation is 2. The summed E-state index contributed by atoms with van der Waals surface area (Å²) in [6, 6.07) is 14.4. The van der Waals surface area contributed by atoms with Crippen molar-refractivity contribution >= 4 is 69.0 Å². The first-order valence-electron chi connectivity index (χ1n) is 9.65. The molecule has 12 heteroatoms. The lowest BCUT2D eigenvalue weighted by molar-refractivity contribution is 0.0685. The minimum Gasteiger partial charge on any atom is -0.477 e. The first-order chi connectivity index (χ1) is 16.2. The lowest BCUT2D eigenvalue weighted by Crippen LogP contribution is -2.04. The molecule has 0 aliphatic heterocycles. The molecule has 8 nitrogen and oxygen atoms in total. The normalized spacial score (nSPS) is 10.3. The van der Waals surface area contributed by atoms with Crippen LogP contribution in [0.2, 0.25) is 10.0 Å². The fraction of sp³-hybridized carbons (Fsp3) is 0.0909. The quantitative estimate of drug-likeness (QED) is 0.198. The van der Waals surface area contributed by atoms with Crippen LogP contribution in [-0.2, 0) is 14.1 Å². The number of fused-ring (bicyclic) bond motifs is 1. The molecular weight excluding hydrogens is 515 g/mol. The monoisotopic (exact) mass is 534 g/mol. The van der Waals surface area contributed by atoms with E-state index in [9.17, 15) is 4.79 Å². The zero-order chi connectivity index (χ0) is 24.8. The number of aromatic nitrogens is 5. The van der Waals surface area contributed by atoms with Crippen LogP contribution in [-0.4, -0.2) is 35.6 Å². The van der Waals surface area contributed by atoms with E-state index >= 15 is 0 Å². The fourth-order valence-corrected chi connectivity index (χ4v) is 4.19. The van der Waals surface area contributed by atoms with E-state index in [0.29, 0.717) is 15.7 Å². The van der Waals surface area contributed by atoms with Gasteiger partial charge in [0.25, 0.3) is 0 Å². The van der Waals surface area contributed by atoms with Crippen molar-refractivity contribution in [3.63, 3.8) is 0 Å². The zero-order valence-corrected chi connectivity index (χ0v) is 21.3. The van der Waals surface area contributed by atoms with E-state index in [1.807, 2.05) is 36.0 Å².